The summed E-state index contributed by atoms with van der Waals surface area (Å²) >= 11 is 0. The average Bonchev–Trinajstić information content (AvgIpc) is 3.38. The van der Waals surface area contributed by atoms with Crippen molar-refractivity contribution in [1.29, 1.82) is 0 Å². The van der Waals surface area contributed by atoms with E-state index in [0.29, 0.717) is 19.6 Å². The highest BCUT2D eigenvalue weighted by molar-refractivity contribution is 5.79. The zero-order chi connectivity index (χ0) is 20.5. The lowest BCUT2D eigenvalue weighted by atomic mass is 9.94. The molecular weight excluding hydrogens is 380 g/mol. The highest BCUT2D eigenvalue weighted by atomic mass is 16.5. The zero-order valence-corrected chi connectivity index (χ0v) is 16.9. The van der Waals surface area contributed by atoms with Crippen molar-refractivity contribution in [1.82, 2.24) is 0 Å². The van der Waals surface area contributed by atoms with Crippen molar-refractivity contribution < 1.29 is 23.7 Å². The quantitative estimate of drug-likeness (QED) is 0.678. The van der Waals surface area contributed by atoms with Crippen LogP contribution in [0.25, 0.3) is 11.6 Å². The molecule has 1 aliphatic carbocycles. The SMILES string of the molecule is COC(=O)CC1COc2cc(O[C@@H]3C=Cc4c(C5=CCOCC5)cccc43)ccc21. The molecule has 5 heteroatoms. The van der Waals surface area contributed by atoms with Gasteiger partial charge in [-0.25, -0.2) is 0 Å². The third kappa shape index (κ3) is 3.50. The number of hydrogen-bond donors (Lipinski definition) is 0. The summed E-state index contributed by atoms with van der Waals surface area (Å²) in [6.45, 7) is 1.93. The van der Waals surface area contributed by atoms with Crippen LogP contribution in [0, 0.1) is 0 Å². The van der Waals surface area contributed by atoms with Crippen LogP contribution in [0.1, 0.15) is 47.1 Å². The van der Waals surface area contributed by atoms with E-state index in [-0.39, 0.29) is 18.0 Å². The Bertz CT molecular complexity index is 1040. The molecule has 5 nitrogen and oxygen atoms in total. The van der Waals surface area contributed by atoms with Crippen LogP contribution in [0.2, 0.25) is 0 Å². The van der Waals surface area contributed by atoms with Gasteiger partial charge in [0.2, 0.25) is 0 Å². The molecule has 0 spiro atoms. The number of methoxy groups -OCH3 is 1. The summed E-state index contributed by atoms with van der Waals surface area (Å²) < 4.78 is 22.4. The first-order valence-electron chi connectivity index (χ1n) is 10.3. The lowest BCUT2D eigenvalue weighted by Gasteiger charge is -2.19. The van der Waals surface area contributed by atoms with Gasteiger partial charge in [-0.05, 0) is 35.3 Å². The molecule has 2 aromatic carbocycles. The zero-order valence-electron chi connectivity index (χ0n) is 16.9. The molecular formula is C25H24O5. The Hall–Kier alpha value is -3.05. The van der Waals surface area contributed by atoms with Crippen molar-refractivity contribution in [2.45, 2.75) is 24.9 Å². The smallest absolute Gasteiger partial charge is 0.306 e. The number of hydrogen-bond acceptors (Lipinski definition) is 5. The lowest BCUT2D eigenvalue weighted by molar-refractivity contribution is -0.141. The van der Waals surface area contributed by atoms with Gasteiger partial charge in [0.15, 0.2) is 0 Å². The van der Waals surface area contributed by atoms with Gasteiger partial charge in [-0.1, -0.05) is 36.4 Å². The van der Waals surface area contributed by atoms with Crippen molar-refractivity contribution in [2.75, 3.05) is 26.9 Å². The number of rotatable bonds is 5. The van der Waals surface area contributed by atoms with Gasteiger partial charge < -0.3 is 18.9 Å². The molecule has 5 rings (SSSR count). The summed E-state index contributed by atoms with van der Waals surface area (Å²) in [5.41, 5.74) is 6.03. The number of benzene rings is 2. The second-order valence-corrected chi connectivity index (χ2v) is 7.75. The molecule has 30 heavy (non-hydrogen) atoms. The Kier molecular flexibility index (Phi) is 5.05. The topological polar surface area (TPSA) is 54.0 Å². The van der Waals surface area contributed by atoms with E-state index in [9.17, 15) is 4.79 Å². The van der Waals surface area contributed by atoms with Gasteiger partial charge in [0.25, 0.3) is 0 Å². The summed E-state index contributed by atoms with van der Waals surface area (Å²) in [6, 6.07) is 12.3. The predicted octanol–water partition coefficient (Wildman–Crippen LogP) is 4.68. The van der Waals surface area contributed by atoms with Gasteiger partial charge in [-0.2, -0.15) is 0 Å². The maximum Gasteiger partial charge on any atom is 0.306 e. The molecule has 0 aromatic heterocycles. The first-order valence-corrected chi connectivity index (χ1v) is 10.3. The van der Waals surface area contributed by atoms with E-state index in [0.717, 1.165) is 30.1 Å². The van der Waals surface area contributed by atoms with Crippen molar-refractivity contribution in [2.24, 2.45) is 0 Å². The third-order valence-electron chi connectivity index (χ3n) is 5.96. The largest absolute Gasteiger partial charge is 0.492 e. The molecule has 0 saturated carbocycles. The van der Waals surface area contributed by atoms with Crippen molar-refractivity contribution in [3.8, 4) is 11.5 Å². The first kappa shape index (κ1) is 18.9. The minimum absolute atomic E-state index is 0.0314. The fourth-order valence-corrected chi connectivity index (χ4v) is 4.39. The highest BCUT2D eigenvalue weighted by Crippen LogP contribution is 2.41. The summed E-state index contributed by atoms with van der Waals surface area (Å²) in [7, 11) is 1.41. The van der Waals surface area contributed by atoms with Gasteiger partial charge in [0.1, 0.15) is 17.6 Å². The fraction of sp³-hybridized carbons (Fsp3) is 0.320. The number of ether oxygens (including phenoxy) is 4. The van der Waals surface area contributed by atoms with Crippen LogP contribution >= 0.6 is 0 Å². The van der Waals surface area contributed by atoms with Gasteiger partial charge in [-0.15, -0.1) is 0 Å². The number of carbonyl (C=O) groups is 1. The minimum atomic E-state index is -0.222. The second kappa shape index (κ2) is 8.00. The minimum Gasteiger partial charge on any atom is -0.492 e. The fourth-order valence-electron chi connectivity index (χ4n) is 4.39. The Morgan fingerprint density at radius 3 is 2.97 bits per heavy atom. The number of carbonyl (C=O) groups excluding carboxylic acids is 1. The van der Waals surface area contributed by atoms with Crippen LogP contribution in [0.4, 0.5) is 0 Å². The number of fused-ring (bicyclic) bond motifs is 2. The van der Waals surface area contributed by atoms with E-state index >= 15 is 0 Å². The molecule has 1 unspecified atom stereocenters. The Labute approximate surface area is 175 Å². The molecule has 0 bridgehead atoms. The number of esters is 1. The Morgan fingerprint density at radius 2 is 2.13 bits per heavy atom. The average molecular weight is 404 g/mol. The van der Waals surface area contributed by atoms with Crippen LogP contribution in [-0.2, 0) is 14.3 Å². The normalized spacial score (nSPS) is 21.4. The molecule has 154 valence electrons. The Morgan fingerprint density at radius 1 is 1.20 bits per heavy atom. The van der Waals surface area contributed by atoms with E-state index in [4.69, 9.17) is 18.9 Å². The standard InChI is InChI=1S/C25H24O5/c1-27-25(26)13-17-15-29-24-14-18(5-6-20(17)24)30-23-8-7-21-19(3-2-4-22(21)23)16-9-11-28-12-10-16/h2-9,14,17,23H,10-13,15H2,1H3/t17?,23-/m1/s1. The van der Waals surface area contributed by atoms with Gasteiger partial charge in [0, 0.05) is 23.1 Å². The molecule has 3 aliphatic rings. The van der Waals surface area contributed by atoms with Gasteiger partial charge in [0.05, 0.1) is 33.4 Å². The van der Waals surface area contributed by atoms with E-state index in [1.54, 1.807) is 0 Å². The molecule has 2 aromatic rings. The molecule has 0 N–H and O–H groups in total. The van der Waals surface area contributed by atoms with E-state index < -0.39 is 0 Å². The van der Waals surface area contributed by atoms with E-state index in [2.05, 4.69) is 36.4 Å². The van der Waals surface area contributed by atoms with Crippen LogP contribution in [0.15, 0.2) is 48.6 Å². The predicted molar refractivity (Wildman–Crippen MR) is 114 cm³/mol. The van der Waals surface area contributed by atoms with Gasteiger partial charge >= 0.3 is 5.97 Å². The summed E-state index contributed by atoms with van der Waals surface area (Å²) in [6.07, 6.45) is 7.55. The van der Waals surface area contributed by atoms with Crippen molar-refractivity contribution >= 4 is 17.6 Å². The third-order valence-corrected chi connectivity index (χ3v) is 5.96. The summed E-state index contributed by atoms with van der Waals surface area (Å²) in [5.74, 6) is 1.35. The van der Waals surface area contributed by atoms with Crippen molar-refractivity contribution in [3.63, 3.8) is 0 Å². The highest BCUT2D eigenvalue weighted by Gasteiger charge is 2.28. The monoisotopic (exact) mass is 404 g/mol. The van der Waals surface area contributed by atoms with E-state index in [1.807, 2.05) is 18.2 Å². The maximum absolute atomic E-state index is 11.6. The van der Waals surface area contributed by atoms with E-state index in [1.165, 1.54) is 29.4 Å². The van der Waals surface area contributed by atoms with Gasteiger partial charge in [-0.3, -0.25) is 4.79 Å². The van der Waals surface area contributed by atoms with Crippen LogP contribution < -0.4 is 9.47 Å². The second-order valence-electron chi connectivity index (χ2n) is 7.75. The van der Waals surface area contributed by atoms with Crippen LogP contribution in [0.5, 0.6) is 11.5 Å². The molecule has 0 fully saturated rings. The lowest BCUT2D eigenvalue weighted by Crippen LogP contribution is -2.09. The molecule has 0 radical (unpaired) electrons. The summed E-state index contributed by atoms with van der Waals surface area (Å²) in [5, 5.41) is 0. The first-order chi connectivity index (χ1) is 14.7. The molecule has 2 aliphatic heterocycles. The molecule has 0 amide bonds. The summed E-state index contributed by atoms with van der Waals surface area (Å²) in [4.78, 5) is 11.6. The Balaban J connectivity index is 1.35. The molecule has 2 heterocycles. The van der Waals surface area contributed by atoms with Crippen molar-refractivity contribution in [3.05, 3.63) is 70.8 Å². The molecule has 2 atom stereocenters. The van der Waals surface area contributed by atoms with Crippen LogP contribution in [0.3, 0.4) is 0 Å². The molecule has 0 saturated heterocycles. The van der Waals surface area contributed by atoms with Crippen LogP contribution in [-0.4, -0.2) is 32.9 Å². The maximum atomic E-state index is 11.6.